The minimum atomic E-state index is -0.141. The molecule has 1 aliphatic heterocycles. The first-order valence-corrected chi connectivity index (χ1v) is 6.52. The van der Waals surface area contributed by atoms with Crippen molar-refractivity contribution < 1.29 is 9.59 Å². The topological polar surface area (TPSA) is 46.2 Å². The number of nitrogens with one attached hydrogen (secondary N) is 1. The first-order chi connectivity index (χ1) is 8.63. The number of rotatable bonds is 3. The van der Waals surface area contributed by atoms with Crippen molar-refractivity contribution >= 4 is 11.8 Å². The monoisotopic (exact) mass is 245 g/mol. The Balaban J connectivity index is 2.24. The normalized spacial score (nSPS) is 25.7. The molecule has 0 saturated carbocycles. The maximum atomic E-state index is 11.8. The number of benzene rings is 1. The average molecular weight is 245 g/mol. The van der Waals surface area contributed by atoms with Crippen LogP contribution >= 0.6 is 0 Å². The predicted molar refractivity (Wildman–Crippen MR) is 69.9 cm³/mol. The van der Waals surface area contributed by atoms with E-state index in [-0.39, 0.29) is 29.6 Å². The van der Waals surface area contributed by atoms with Gasteiger partial charge in [0, 0.05) is 12.3 Å². The Hall–Kier alpha value is -1.64. The van der Waals surface area contributed by atoms with Gasteiger partial charge in [-0.1, -0.05) is 44.2 Å². The molecule has 96 valence electrons. The van der Waals surface area contributed by atoms with Crippen LogP contribution in [0.4, 0.5) is 0 Å². The standard InChI is InChI=1S/C15H19NO2/c1-3-12-13(9-14(17)16-15(12)18)10(2)11-7-5-4-6-8-11/h4-8,10,12-13H,3,9H2,1-2H3,(H,16,17,18). The molecule has 0 aliphatic carbocycles. The Morgan fingerprint density at radius 2 is 1.94 bits per heavy atom. The highest BCUT2D eigenvalue weighted by molar-refractivity contribution is 5.99. The van der Waals surface area contributed by atoms with E-state index in [1.807, 2.05) is 25.1 Å². The number of imide groups is 1. The molecule has 1 aromatic carbocycles. The third-order valence-electron chi connectivity index (χ3n) is 3.94. The Labute approximate surface area is 108 Å². The van der Waals surface area contributed by atoms with Crippen LogP contribution in [0.2, 0.25) is 0 Å². The van der Waals surface area contributed by atoms with E-state index in [4.69, 9.17) is 0 Å². The maximum absolute atomic E-state index is 11.8. The summed E-state index contributed by atoms with van der Waals surface area (Å²) in [6.45, 7) is 4.11. The molecular formula is C15H19NO2. The van der Waals surface area contributed by atoms with Crippen LogP contribution in [0.5, 0.6) is 0 Å². The molecule has 1 N–H and O–H groups in total. The van der Waals surface area contributed by atoms with Crippen LogP contribution in [0.1, 0.15) is 38.2 Å². The van der Waals surface area contributed by atoms with Gasteiger partial charge >= 0.3 is 0 Å². The molecule has 0 spiro atoms. The molecule has 0 aromatic heterocycles. The molecule has 3 atom stereocenters. The van der Waals surface area contributed by atoms with Gasteiger partial charge in [-0.05, 0) is 23.8 Å². The van der Waals surface area contributed by atoms with Crippen LogP contribution in [0, 0.1) is 11.8 Å². The molecule has 3 heteroatoms. The zero-order chi connectivity index (χ0) is 13.1. The van der Waals surface area contributed by atoms with Crippen molar-refractivity contribution in [2.24, 2.45) is 11.8 Å². The fraction of sp³-hybridized carbons (Fsp3) is 0.467. The second-order valence-corrected chi connectivity index (χ2v) is 4.99. The van der Waals surface area contributed by atoms with Crippen LogP contribution in [0.25, 0.3) is 0 Å². The third-order valence-corrected chi connectivity index (χ3v) is 3.94. The Bertz CT molecular complexity index is 441. The van der Waals surface area contributed by atoms with Crippen molar-refractivity contribution in [2.75, 3.05) is 0 Å². The zero-order valence-electron chi connectivity index (χ0n) is 10.8. The van der Waals surface area contributed by atoms with Crippen LogP contribution in [-0.4, -0.2) is 11.8 Å². The molecule has 3 unspecified atom stereocenters. The van der Waals surface area contributed by atoms with Crippen LogP contribution < -0.4 is 5.32 Å². The Morgan fingerprint density at radius 3 is 2.56 bits per heavy atom. The van der Waals surface area contributed by atoms with Gasteiger partial charge in [-0.2, -0.15) is 0 Å². The first kappa shape index (κ1) is 12.8. The second kappa shape index (κ2) is 5.34. The molecule has 1 aromatic rings. The highest BCUT2D eigenvalue weighted by Crippen LogP contribution is 2.36. The van der Waals surface area contributed by atoms with Gasteiger partial charge in [0.15, 0.2) is 0 Å². The molecule has 0 radical (unpaired) electrons. The van der Waals surface area contributed by atoms with Crippen molar-refractivity contribution in [3.05, 3.63) is 35.9 Å². The largest absolute Gasteiger partial charge is 0.296 e. The number of hydrogen-bond acceptors (Lipinski definition) is 2. The molecule has 2 amide bonds. The summed E-state index contributed by atoms with van der Waals surface area (Å²) in [6, 6.07) is 10.1. The maximum Gasteiger partial charge on any atom is 0.229 e. The summed E-state index contributed by atoms with van der Waals surface area (Å²) < 4.78 is 0. The fourth-order valence-corrected chi connectivity index (χ4v) is 2.85. The first-order valence-electron chi connectivity index (χ1n) is 6.52. The molecule has 1 fully saturated rings. The lowest BCUT2D eigenvalue weighted by Crippen LogP contribution is -2.46. The van der Waals surface area contributed by atoms with Crippen molar-refractivity contribution in [1.29, 1.82) is 0 Å². The summed E-state index contributed by atoms with van der Waals surface area (Å²) in [7, 11) is 0. The van der Waals surface area contributed by atoms with Gasteiger partial charge in [-0.15, -0.1) is 0 Å². The zero-order valence-corrected chi connectivity index (χ0v) is 10.8. The van der Waals surface area contributed by atoms with E-state index >= 15 is 0 Å². The van der Waals surface area contributed by atoms with E-state index in [9.17, 15) is 9.59 Å². The summed E-state index contributed by atoms with van der Waals surface area (Å²) in [4.78, 5) is 23.4. The molecule has 3 nitrogen and oxygen atoms in total. The van der Waals surface area contributed by atoms with Crippen LogP contribution in [0.3, 0.4) is 0 Å². The minimum Gasteiger partial charge on any atom is -0.296 e. The fourth-order valence-electron chi connectivity index (χ4n) is 2.85. The van der Waals surface area contributed by atoms with E-state index < -0.39 is 0 Å². The van der Waals surface area contributed by atoms with Gasteiger partial charge in [0.1, 0.15) is 0 Å². The lowest BCUT2D eigenvalue weighted by atomic mass is 9.73. The number of hydrogen-bond donors (Lipinski definition) is 1. The molecule has 18 heavy (non-hydrogen) atoms. The third kappa shape index (κ3) is 2.45. The number of carbonyl (C=O) groups excluding carboxylic acids is 2. The Morgan fingerprint density at radius 1 is 1.28 bits per heavy atom. The van der Waals surface area contributed by atoms with E-state index in [1.54, 1.807) is 0 Å². The van der Waals surface area contributed by atoms with Crippen LogP contribution in [0.15, 0.2) is 30.3 Å². The average Bonchev–Trinajstić information content (AvgIpc) is 2.38. The van der Waals surface area contributed by atoms with Crippen LogP contribution in [-0.2, 0) is 9.59 Å². The lowest BCUT2D eigenvalue weighted by molar-refractivity contribution is -0.139. The summed E-state index contributed by atoms with van der Waals surface area (Å²) in [5, 5.41) is 2.44. The molecule has 1 aliphatic rings. The highest BCUT2D eigenvalue weighted by atomic mass is 16.2. The lowest BCUT2D eigenvalue weighted by Gasteiger charge is -2.33. The predicted octanol–water partition coefficient (Wildman–Crippen LogP) is 2.48. The summed E-state index contributed by atoms with van der Waals surface area (Å²) in [5.74, 6) is 0.0294. The van der Waals surface area contributed by atoms with Crippen molar-refractivity contribution in [3.63, 3.8) is 0 Å². The number of piperidine rings is 1. The quantitative estimate of drug-likeness (QED) is 0.831. The molecular weight excluding hydrogens is 226 g/mol. The second-order valence-electron chi connectivity index (χ2n) is 4.99. The van der Waals surface area contributed by atoms with Crippen molar-refractivity contribution in [2.45, 2.75) is 32.6 Å². The van der Waals surface area contributed by atoms with E-state index in [0.29, 0.717) is 6.42 Å². The van der Waals surface area contributed by atoms with Gasteiger partial charge in [-0.25, -0.2) is 0 Å². The van der Waals surface area contributed by atoms with Gasteiger partial charge in [-0.3, -0.25) is 14.9 Å². The summed E-state index contributed by atoms with van der Waals surface area (Å²) >= 11 is 0. The SMILES string of the molecule is CCC1C(=O)NC(=O)CC1C(C)c1ccccc1. The number of carbonyl (C=O) groups is 2. The molecule has 0 bridgehead atoms. The van der Waals surface area contributed by atoms with Gasteiger partial charge in [0.25, 0.3) is 0 Å². The van der Waals surface area contributed by atoms with E-state index in [1.165, 1.54) is 5.56 Å². The van der Waals surface area contributed by atoms with E-state index in [0.717, 1.165) is 6.42 Å². The van der Waals surface area contributed by atoms with Gasteiger partial charge in [0.2, 0.25) is 11.8 Å². The molecule has 1 saturated heterocycles. The highest BCUT2D eigenvalue weighted by Gasteiger charge is 2.37. The van der Waals surface area contributed by atoms with Crippen molar-refractivity contribution in [1.82, 2.24) is 5.32 Å². The minimum absolute atomic E-state index is 0.0575. The molecule has 2 rings (SSSR count). The van der Waals surface area contributed by atoms with Gasteiger partial charge in [0.05, 0.1) is 0 Å². The molecule has 1 heterocycles. The summed E-state index contributed by atoms with van der Waals surface area (Å²) in [5.41, 5.74) is 1.20. The van der Waals surface area contributed by atoms with Gasteiger partial charge < -0.3 is 0 Å². The summed E-state index contributed by atoms with van der Waals surface area (Å²) in [6.07, 6.45) is 1.22. The van der Waals surface area contributed by atoms with Crippen molar-refractivity contribution in [3.8, 4) is 0 Å². The Kier molecular flexibility index (Phi) is 3.80. The van der Waals surface area contributed by atoms with E-state index in [2.05, 4.69) is 24.4 Å². The number of amides is 2. The smallest absolute Gasteiger partial charge is 0.229 e.